The maximum absolute atomic E-state index is 11.6. The van der Waals surface area contributed by atoms with Gasteiger partial charge in [-0.15, -0.1) is 0 Å². The number of allylic oxidation sites excluding steroid dienone is 2. The summed E-state index contributed by atoms with van der Waals surface area (Å²) in [6.07, 6.45) is 3.91. The molecule has 3 unspecified atom stereocenters. The predicted octanol–water partition coefficient (Wildman–Crippen LogP) is 1.56. The zero-order chi connectivity index (χ0) is 20.0. The zero-order valence-electron chi connectivity index (χ0n) is 14.9. The van der Waals surface area contributed by atoms with Gasteiger partial charge in [0.2, 0.25) is 0 Å². The zero-order valence-corrected chi connectivity index (χ0v) is 14.9. The lowest BCUT2D eigenvalue weighted by Crippen LogP contribution is -2.44. The van der Waals surface area contributed by atoms with Crippen molar-refractivity contribution in [2.75, 3.05) is 13.1 Å². The van der Waals surface area contributed by atoms with E-state index in [0.29, 0.717) is 12.0 Å². The molecule has 0 spiro atoms. The molecule has 1 aromatic rings. The first kappa shape index (κ1) is 20.5. The van der Waals surface area contributed by atoms with E-state index in [9.17, 15) is 30.0 Å². The normalized spacial score (nSPS) is 18.9. The highest BCUT2D eigenvalue weighted by Gasteiger charge is 2.30. The molecule has 3 atom stereocenters. The number of aliphatic carboxylic acids is 2. The van der Waals surface area contributed by atoms with Crippen LogP contribution in [-0.4, -0.2) is 51.5 Å². The van der Waals surface area contributed by atoms with Crippen molar-refractivity contribution in [2.24, 2.45) is 5.92 Å². The number of nitrogens with one attached hydrogen (secondary N) is 2. The van der Waals surface area contributed by atoms with Crippen molar-refractivity contribution < 1.29 is 30.0 Å². The van der Waals surface area contributed by atoms with Crippen LogP contribution in [0.4, 0.5) is 0 Å². The molecule has 0 fully saturated rings. The van der Waals surface area contributed by atoms with Gasteiger partial charge in [-0.05, 0) is 24.5 Å². The molecule has 0 radical (unpaired) electrons. The quantitative estimate of drug-likeness (QED) is 0.357. The van der Waals surface area contributed by atoms with Crippen LogP contribution < -0.4 is 10.6 Å². The molecule has 8 heteroatoms. The molecule has 2 rings (SSSR count). The maximum atomic E-state index is 11.6. The summed E-state index contributed by atoms with van der Waals surface area (Å²) in [5.41, 5.74) is 0.631. The van der Waals surface area contributed by atoms with E-state index in [1.807, 2.05) is 6.92 Å². The number of carbonyl (C=O) groups is 2. The molecular weight excluding hydrogens is 352 g/mol. The maximum Gasteiger partial charge on any atom is 0.325 e. The number of hydrogen-bond donors (Lipinski definition) is 6. The predicted molar refractivity (Wildman–Crippen MR) is 98.5 cm³/mol. The number of rotatable bonds is 9. The lowest BCUT2D eigenvalue weighted by molar-refractivity contribution is -0.140. The van der Waals surface area contributed by atoms with Gasteiger partial charge in [0.25, 0.3) is 0 Å². The second kappa shape index (κ2) is 9.20. The van der Waals surface area contributed by atoms with E-state index in [-0.39, 0.29) is 36.1 Å². The first-order chi connectivity index (χ1) is 12.8. The van der Waals surface area contributed by atoms with E-state index in [0.717, 1.165) is 0 Å². The Hall–Kier alpha value is -2.84. The Labute approximate surface area is 156 Å². The molecule has 8 nitrogen and oxygen atoms in total. The van der Waals surface area contributed by atoms with Gasteiger partial charge in [-0.1, -0.05) is 31.2 Å². The minimum absolute atomic E-state index is 0.0563. The van der Waals surface area contributed by atoms with Crippen LogP contribution in [0.15, 0.2) is 47.7 Å². The summed E-state index contributed by atoms with van der Waals surface area (Å²) in [7, 11) is 0. The van der Waals surface area contributed by atoms with Gasteiger partial charge < -0.3 is 20.4 Å². The van der Waals surface area contributed by atoms with Gasteiger partial charge >= 0.3 is 11.9 Å². The van der Waals surface area contributed by atoms with Crippen molar-refractivity contribution >= 4 is 11.9 Å². The average molecular weight is 376 g/mol. The second-order valence-corrected chi connectivity index (χ2v) is 6.39. The summed E-state index contributed by atoms with van der Waals surface area (Å²) >= 11 is 0. The number of carboxylic acid groups (broad SMARTS) is 2. The number of para-hydroxylation sites is 1. The van der Waals surface area contributed by atoms with Crippen LogP contribution in [0.2, 0.25) is 0 Å². The largest absolute Gasteiger partial charge is 0.508 e. The van der Waals surface area contributed by atoms with Gasteiger partial charge in [-0.3, -0.25) is 20.2 Å². The number of aliphatic hydroxyl groups excluding tert-OH is 1. The smallest absolute Gasteiger partial charge is 0.325 e. The molecule has 0 aromatic heterocycles. The van der Waals surface area contributed by atoms with Crippen molar-refractivity contribution in [2.45, 2.75) is 25.4 Å². The van der Waals surface area contributed by atoms with Crippen LogP contribution in [0.1, 0.15) is 24.9 Å². The van der Waals surface area contributed by atoms with Crippen molar-refractivity contribution in [1.82, 2.24) is 10.6 Å². The van der Waals surface area contributed by atoms with Gasteiger partial charge in [-0.2, -0.15) is 0 Å². The first-order valence-corrected chi connectivity index (χ1v) is 8.62. The third-order valence-electron chi connectivity index (χ3n) is 4.47. The van der Waals surface area contributed by atoms with Gasteiger partial charge in [0.05, 0.1) is 0 Å². The van der Waals surface area contributed by atoms with Crippen LogP contribution in [0.5, 0.6) is 5.75 Å². The number of benzene rings is 1. The molecule has 27 heavy (non-hydrogen) atoms. The second-order valence-electron chi connectivity index (χ2n) is 6.39. The Morgan fingerprint density at radius 3 is 2.22 bits per heavy atom. The van der Waals surface area contributed by atoms with Crippen molar-refractivity contribution in [3.05, 3.63) is 53.3 Å². The van der Waals surface area contributed by atoms with E-state index >= 15 is 0 Å². The van der Waals surface area contributed by atoms with Crippen molar-refractivity contribution in [3.8, 4) is 5.75 Å². The summed E-state index contributed by atoms with van der Waals surface area (Å²) in [5, 5.41) is 44.4. The topological polar surface area (TPSA) is 139 Å². The van der Waals surface area contributed by atoms with Crippen molar-refractivity contribution in [3.63, 3.8) is 0 Å². The molecule has 146 valence electrons. The number of carboxylic acids is 2. The van der Waals surface area contributed by atoms with E-state index in [4.69, 9.17) is 0 Å². The number of hydrogen-bond acceptors (Lipinski definition) is 6. The van der Waals surface area contributed by atoms with E-state index in [1.165, 1.54) is 18.2 Å². The van der Waals surface area contributed by atoms with Crippen LogP contribution >= 0.6 is 0 Å². The fraction of sp³-hybridized carbons (Fsp3) is 0.368. The summed E-state index contributed by atoms with van der Waals surface area (Å²) in [4.78, 5) is 23.1. The third-order valence-corrected chi connectivity index (χ3v) is 4.47. The molecule has 0 heterocycles. The third kappa shape index (κ3) is 5.08. The SMILES string of the molecule is CC1CC=CC(O)=C1C(NCCNC(C(=O)O)c1ccccc1O)C(=O)O. The number of phenolic OH excluding ortho intramolecular Hbond substituents is 1. The summed E-state index contributed by atoms with van der Waals surface area (Å²) in [5.74, 6) is -2.58. The molecular formula is C19H24N2O6. The lowest BCUT2D eigenvalue weighted by Gasteiger charge is -2.26. The average Bonchev–Trinajstić information content (AvgIpc) is 2.60. The van der Waals surface area contributed by atoms with Crippen LogP contribution in [0, 0.1) is 5.92 Å². The minimum atomic E-state index is -1.15. The molecule has 1 aromatic carbocycles. The van der Waals surface area contributed by atoms with Crippen molar-refractivity contribution in [1.29, 1.82) is 0 Å². The number of phenols is 1. The standard InChI is InChI=1S/C19H24N2O6/c1-11-5-4-8-14(23)15(11)17(19(26)27)21-10-9-20-16(18(24)25)12-6-2-3-7-13(12)22/h2-4,6-8,11,16-17,20-23H,5,9-10H2,1H3,(H,24,25)(H,26,27). The molecule has 0 saturated heterocycles. The van der Waals surface area contributed by atoms with Crippen LogP contribution in [0.25, 0.3) is 0 Å². The van der Waals surface area contributed by atoms with Gasteiger partial charge in [0, 0.05) is 24.2 Å². The lowest BCUT2D eigenvalue weighted by atomic mass is 9.87. The summed E-state index contributed by atoms with van der Waals surface area (Å²) in [6, 6.07) is 3.93. The van der Waals surface area contributed by atoms with Gasteiger partial charge in [0.15, 0.2) is 0 Å². The molecule has 1 aliphatic rings. The first-order valence-electron chi connectivity index (χ1n) is 8.62. The van der Waals surface area contributed by atoms with Gasteiger partial charge in [0.1, 0.15) is 23.6 Å². The highest BCUT2D eigenvalue weighted by atomic mass is 16.4. The molecule has 0 amide bonds. The highest BCUT2D eigenvalue weighted by molar-refractivity contribution is 5.78. The molecule has 0 bridgehead atoms. The molecule has 0 saturated carbocycles. The minimum Gasteiger partial charge on any atom is -0.508 e. The van der Waals surface area contributed by atoms with E-state index < -0.39 is 24.0 Å². The number of aliphatic hydroxyl groups is 1. The van der Waals surface area contributed by atoms with Crippen LogP contribution in [-0.2, 0) is 9.59 Å². The summed E-state index contributed by atoms with van der Waals surface area (Å²) in [6.45, 7) is 2.14. The molecule has 6 N–H and O–H groups in total. The Balaban J connectivity index is 2.01. The Morgan fingerprint density at radius 1 is 1.07 bits per heavy atom. The molecule has 0 aliphatic heterocycles. The Morgan fingerprint density at radius 2 is 1.67 bits per heavy atom. The fourth-order valence-corrected chi connectivity index (χ4v) is 3.12. The van der Waals surface area contributed by atoms with Gasteiger partial charge in [-0.25, -0.2) is 0 Å². The highest BCUT2D eigenvalue weighted by Crippen LogP contribution is 2.27. The monoisotopic (exact) mass is 376 g/mol. The fourth-order valence-electron chi connectivity index (χ4n) is 3.12. The van der Waals surface area contributed by atoms with Crippen LogP contribution in [0.3, 0.4) is 0 Å². The van der Waals surface area contributed by atoms with E-state index in [2.05, 4.69) is 10.6 Å². The summed E-state index contributed by atoms with van der Waals surface area (Å²) < 4.78 is 0. The Kier molecular flexibility index (Phi) is 6.98. The Bertz CT molecular complexity index is 758. The van der Waals surface area contributed by atoms with E-state index in [1.54, 1.807) is 18.2 Å². The number of aromatic hydroxyl groups is 1. The molecule has 1 aliphatic carbocycles.